The Labute approximate surface area is 168 Å². The second-order valence-corrected chi connectivity index (χ2v) is 8.49. The molecular weight excluding hydrogens is 346 g/mol. The van der Waals surface area contributed by atoms with Crippen molar-refractivity contribution in [2.75, 3.05) is 31.1 Å². The molecule has 0 aliphatic carbocycles. The summed E-state index contributed by atoms with van der Waals surface area (Å²) in [5.74, 6) is 1.56. The number of pyridine rings is 1. The Morgan fingerprint density at radius 1 is 1.00 bits per heavy atom. The van der Waals surface area contributed by atoms with E-state index in [0.29, 0.717) is 5.69 Å². The van der Waals surface area contributed by atoms with Gasteiger partial charge in [-0.05, 0) is 61.6 Å². The second kappa shape index (κ2) is 8.76. The summed E-state index contributed by atoms with van der Waals surface area (Å²) in [5, 5.41) is 0. The molecule has 0 N–H and O–H groups in total. The van der Waals surface area contributed by atoms with E-state index in [4.69, 9.17) is 0 Å². The first kappa shape index (κ1) is 19.0. The third-order valence-electron chi connectivity index (χ3n) is 6.38. The highest BCUT2D eigenvalue weighted by molar-refractivity contribution is 5.93. The molecule has 0 spiro atoms. The third kappa shape index (κ3) is 4.54. The molecule has 3 heterocycles. The standard InChI is InChI=1S/C24H31N3O/c1-19-8-13-27(14-9-19)24(28)23-18-22(7-12-25-23)26-15-10-21(11-16-26)17-20-5-3-2-4-6-20/h2-7,12,18-19,21H,8-11,13-17H2,1H3. The molecule has 28 heavy (non-hydrogen) atoms. The van der Waals surface area contributed by atoms with Crippen molar-refractivity contribution < 1.29 is 4.79 Å². The molecule has 4 rings (SSSR count). The smallest absolute Gasteiger partial charge is 0.272 e. The fraction of sp³-hybridized carbons (Fsp3) is 0.500. The van der Waals surface area contributed by atoms with E-state index < -0.39 is 0 Å². The van der Waals surface area contributed by atoms with E-state index >= 15 is 0 Å². The molecular formula is C24H31N3O. The Balaban J connectivity index is 1.35. The van der Waals surface area contributed by atoms with Gasteiger partial charge in [0.2, 0.25) is 0 Å². The maximum Gasteiger partial charge on any atom is 0.272 e. The maximum absolute atomic E-state index is 12.8. The number of nitrogens with zero attached hydrogens (tertiary/aromatic N) is 3. The van der Waals surface area contributed by atoms with Crippen molar-refractivity contribution in [3.8, 4) is 0 Å². The molecule has 4 nitrogen and oxygen atoms in total. The fourth-order valence-corrected chi connectivity index (χ4v) is 4.45. The molecule has 4 heteroatoms. The highest BCUT2D eigenvalue weighted by atomic mass is 16.2. The van der Waals surface area contributed by atoms with Crippen LogP contribution in [0.4, 0.5) is 5.69 Å². The number of carbonyl (C=O) groups excluding carboxylic acids is 1. The quantitative estimate of drug-likeness (QED) is 0.792. The molecule has 148 valence electrons. The Hall–Kier alpha value is -2.36. The zero-order chi connectivity index (χ0) is 19.3. The van der Waals surface area contributed by atoms with Gasteiger partial charge >= 0.3 is 0 Å². The van der Waals surface area contributed by atoms with Crippen molar-refractivity contribution in [2.45, 2.75) is 39.0 Å². The number of hydrogen-bond donors (Lipinski definition) is 0. The Morgan fingerprint density at radius 3 is 2.43 bits per heavy atom. The van der Waals surface area contributed by atoms with Gasteiger partial charge in [-0.1, -0.05) is 37.3 Å². The highest BCUT2D eigenvalue weighted by Gasteiger charge is 2.24. The zero-order valence-corrected chi connectivity index (χ0v) is 16.9. The molecule has 0 atom stereocenters. The van der Waals surface area contributed by atoms with Crippen LogP contribution in [0.3, 0.4) is 0 Å². The monoisotopic (exact) mass is 377 g/mol. The van der Waals surface area contributed by atoms with Gasteiger partial charge in [-0.25, -0.2) is 0 Å². The largest absolute Gasteiger partial charge is 0.371 e. The Bertz CT molecular complexity index is 775. The number of hydrogen-bond acceptors (Lipinski definition) is 3. The second-order valence-electron chi connectivity index (χ2n) is 8.49. The van der Waals surface area contributed by atoms with Crippen LogP contribution in [-0.4, -0.2) is 42.0 Å². The number of amides is 1. The van der Waals surface area contributed by atoms with E-state index in [1.165, 1.54) is 24.8 Å². The molecule has 0 unspecified atom stereocenters. The average Bonchev–Trinajstić information content (AvgIpc) is 2.75. The van der Waals surface area contributed by atoms with Crippen molar-refractivity contribution in [1.29, 1.82) is 0 Å². The summed E-state index contributed by atoms with van der Waals surface area (Å²) in [6.07, 6.45) is 7.56. The van der Waals surface area contributed by atoms with E-state index in [-0.39, 0.29) is 5.91 Å². The van der Waals surface area contributed by atoms with Gasteiger partial charge in [0, 0.05) is 38.1 Å². The third-order valence-corrected chi connectivity index (χ3v) is 6.38. The van der Waals surface area contributed by atoms with E-state index in [2.05, 4.69) is 47.1 Å². The summed E-state index contributed by atoms with van der Waals surface area (Å²) in [4.78, 5) is 21.6. The van der Waals surface area contributed by atoms with Crippen molar-refractivity contribution in [3.05, 3.63) is 59.9 Å². The van der Waals surface area contributed by atoms with Gasteiger partial charge in [0.25, 0.3) is 5.91 Å². The molecule has 0 saturated carbocycles. The number of aromatic nitrogens is 1. The molecule has 1 amide bonds. The van der Waals surface area contributed by atoms with E-state index in [0.717, 1.165) is 56.5 Å². The molecule has 1 aromatic heterocycles. The van der Waals surface area contributed by atoms with Crippen LogP contribution in [0.15, 0.2) is 48.7 Å². The van der Waals surface area contributed by atoms with E-state index in [9.17, 15) is 4.79 Å². The van der Waals surface area contributed by atoms with E-state index in [1.807, 2.05) is 17.0 Å². The van der Waals surface area contributed by atoms with Crippen LogP contribution in [0, 0.1) is 11.8 Å². The summed E-state index contributed by atoms with van der Waals surface area (Å²) in [6.45, 7) is 6.09. The lowest BCUT2D eigenvalue weighted by Crippen LogP contribution is -2.38. The minimum Gasteiger partial charge on any atom is -0.371 e. The van der Waals surface area contributed by atoms with Gasteiger partial charge in [0.15, 0.2) is 0 Å². The molecule has 2 fully saturated rings. The Kier molecular flexibility index (Phi) is 5.94. The predicted octanol–water partition coefficient (Wildman–Crippen LogP) is 4.41. The Morgan fingerprint density at radius 2 is 1.71 bits per heavy atom. The summed E-state index contributed by atoms with van der Waals surface area (Å²) >= 11 is 0. The van der Waals surface area contributed by atoms with Crippen LogP contribution in [0.1, 0.15) is 48.7 Å². The van der Waals surface area contributed by atoms with Crippen molar-refractivity contribution in [2.24, 2.45) is 11.8 Å². The molecule has 2 aliphatic rings. The number of carbonyl (C=O) groups is 1. The highest BCUT2D eigenvalue weighted by Crippen LogP contribution is 2.26. The maximum atomic E-state index is 12.8. The molecule has 2 aliphatic heterocycles. The van der Waals surface area contributed by atoms with Gasteiger partial charge in [0.1, 0.15) is 5.69 Å². The van der Waals surface area contributed by atoms with Gasteiger partial charge in [-0.15, -0.1) is 0 Å². The average molecular weight is 378 g/mol. The summed E-state index contributed by atoms with van der Waals surface area (Å²) in [6, 6.07) is 14.8. The minimum atomic E-state index is 0.0905. The molecule has 0 radical (unpaired) electrons. The first-order chi connectivity index (χ1) is 13.7. The molecule has 1 aromatic carbocycles. The fourth-order valence-electron chi connectivity index (χ4n) is 4.45. The number of anilines is 1. The SMILES string of the molecule is CC1CCN(C(=O)c2cc(N3CCC(Cc4ccccc4)CC3)ccn2)CC1. The lowest BCUT2D eigenvalue weighted by Gasteiger charge is -2.34. The summed E-state index contributed by atoms with van der Waals surface area (Å²) < 4.78 is 0. The van der Waals surface area contributed by atoms with Crippen LogP contribution in [0.2, 0.25) is 0 Å². The van der Waals surface area contributed by atoms with E-state index in [1.54, 1.807) is 6.20 Å². The van der Waals surface area contributed by atoms with Crippen LogP contribution >= 0.6 is 0 Å². The van der Waals surface area contributed by atoms with Gasteiger partial charge in [0.05, 0.1) is 0 Å². The molecule has 0 bridgehead atoms. The summed E-state index contributed by atoms with van der Waals surface area (Å²) in [7, 11) is 0. The van der Waals surface area contributed by atoms with Crippen LogP contribution < -0.4 is 4.90 Å². The first-order valence-electron chi connectivity index (χ1n) is 10.7. The van der Waals surface area contributed by atoms with Crippen molar-refractivity contribution in [3.63, 3.8) is 0 Å². The predicted molar refractivity (Wildman–Crippen MR) is 114 cm³/mol. The number of likely N-dealkylation sites (tertiary alicyclic amines) is 1. The molecule has 2 saturated heterocycles. The lowest BCUT2D eigenvalue weighted by molar-refractivity contribution is 0.0691. The number of benzene rings is 1. The van der Waals surface area contributed by atoms with Gasteiger partial charge in [-0.3, -0.25) is 9.78 Å². The van der Waals surface area contributed by atoms with Crippen LogP contribution in [0.25, 0.3) is 0 Å². The lowest BCUT2D eigenvalue weighted by atomic mass is 9.90. The first-order valence-corrected chi connectivity index (χ1v) is 10.7. The van der Waals surface area contributed by atoms with Crippen LogP contribution in [0.5, 0.6) is 0 Å². The topological polar surface area (TPSA) is 36.4 Å². The van der Waals surface area contributed by atoms with Crippen molar-refractivity contribution in [1.82, 2.24) is 9.88 Å². The summed E-state index contributed by atoms with van der Waals surface area (Å²) in [5.41, 5.74) is 3.17. The minimum absolute atomic E-state index is 0.0905. The van der Waals surface area contributed by atoms with Gasteiger partial charge in [-0.2, -0.15) is 0 Å². The van der Waals surface area contributed by atoms with Gasteiger partial charge < -0.3 is 9.80 Å². The number of rotatable bonds is 4. The zero-order valence-electron chi connectivity index (χ0n) is 16.9. The molecule has 2 aromatic rings. The number of piperidine rings is 2. The van der Waals surface area contributed by atoms with Crippen molar-refractivity contribution >= 4 is 11.6 Å². The normalized spacial score (nSPS) is 19.0. The van der Waals surface area contributed by atoms with Crippen LogP contribution in [-0.2, 0) is 6.42 Å².